The highest BCUT2D eigenvalue weighted by molar-refractivity contribution is 5.48. The first-order valence-corrected chi connectivity index (χ1v) is 7.11. The topological polar surface area (TPSA) is 46.6 Å². The summed E-state index contributed by atoms with van der Waals surface area (Å²) in [7, 11) is 0. The van der Waals surface area contributed by atoms with Gasteiger partial charge in [-0.25, -0.2) is 4.98 Å². The zero-order valence-corrected chi connectivity index (χ0v) is 11.7. The number of hydrogen-bond acceptors (Lipinski definition) is 3. The SMILES string of the molecule is CC(C)N1CCCC(c2cn3cc(N)ccc3n2)C1. The molecule has 1 saturated heterocycles. The van der Waals surface area contributed by atoms with Crippen LogP contribution in [-0.2, 0) is 0 Å². The molecule has 0 amide bonds. The van der Waals surface area contributed by atoms with Crippen molar-refractivity contribution in [2.75, 3.05) is 18.8 Å². The number of anilines is 1. The van der Waals surface area contributed by atoms with E-state index >= 15 is 0 Å². The average molecular weight is 258 g/mol. The van der Waals surface area contributed by atoms with E-state index < -0.39 is 0 Å². The molecule has 0 saturated carbocycles. The minimum absolute atomic E-state index is 0.553. The molecule has 1 aliphatic heterocycles. The maximum absolute atomic E-state index is 5.82. The lowest BCUT2D eigenvalue weighted by atomic mass is 9.94. The van der Waals surface area contributed by atoms with Crippen molar-refractivity contribution in [1.29, 1.82) is 0 Å². The lowest BCUT2D eigenvalue weighted by Crippen LogP contribution is -2.39. The van der Waals surface area contributed by atoms with Gasteiger partial charge in [0.2, 0.25) is 0 Å². The predicted octanol–water partition coefficient (Wildman–Crippen LogP) is 2.50. The van der Waals surface area contributed by atoms with Crippen LogP contribution in [0, 0.1) is 0 Å². The Bertz CT molecular complexity index is 573. The van der Waals surface area contributed by atoms with Gasteiger partial charge >= 0.3 is 0 Å². The van der Waals surface area contributed by atoms with E-state index in [9.17, 15) is 0 Å². The van der Waals surface area contributed by atoms with E-state index in [1.807, 2.05) is 22.7 Å². The first-order valence-electron chi connectivity index (χ1n) is 7.11. The molecule has 0 aromatic carbocycles. The lowest BCUT2D eigenvalue weighted by Gasteiger charge is -2.34. The van der Waals surface area contributed by atoms with E-state index in [1.165, 1.54) is 25.1 Å². The summed E-state index contributed by atoms with van der Waals surface area (Å²) in [5.41, 5.74) is 8.79. The van der Waals surface area contributed by atoms with E-state index in [1.54, 1.807) is 0 Å². The molecule has 0 radical (unpaired) electrons. The van der Waals surface area contributed by atoms with Crippen molar-refractivity contribution in [3.05, 3.63) is 30.2 Å². The van der Waals surface area contributed by atoms with Gasteiger partial charge in [-0.1, -0.05) is 0 Å². The van der Waals surface area contributed by atoms with Crippen molar-refractivity contribution >= 4 is 11.3 Å². The summed E-state index contributed by atoms with van der Waals surface area (Å²) in [6.07, 6.45) is 6.58. The number of aromatic nitrogens is 2. The van der Waals surface area contributed by atoms with Crippen LogP contribution in [0.25, 0.3) is 5.65 Å². The summed E-state index contributed by atoms with van der Waals surface area (Å²) in [5.74, 6) is 0.553. The molecule has 19 heavy (non-hydrogen) atoms. The van der Waals surface area contributed by atoms with Gasteiger partial charge < -0.3 is 15.0 Å². The van der Waals surface area contributed by atoms with Gasteiger partial charge in [0.05, 0.1) is 5.69 Å². The summed E-state index contributed by atoms with van der Waals surface area (Å²) >= 11 is 0. The second-order valence-corrected chi connectivity index (χ2v) is 5.82. The molecule has 1 fully saturated rings. The van der Waals surface area contributed by atoms with E-state index in [-0.39, 0.29) is 0 Å². The van der Waals surface area contributed by atoms with Crippen molar-refractivity contribution in [3.8, 4) is 0 Å². The molecular formula is C15H22N4. The number of rotatable bonds is 2. The number of pyridine rings is 1. The van der Waals surface area contributed by atoms with Crippen LogP contribution in [0.5, 0.6) is 0 Å². The summed E-state index contributed by atoms with van der Waals surface area (Å²) in [6, 6.07) is 4.52. The normalized spacial score (nSPS) is 21.3. The summed E-state index contributed by atoms with van der Waals surface area (Å²) < 4.78 is 2.04. The van der Waals surface area contributed by atoms with Crippen molar-refractivity contribution in [2.24, 2.45) is 0 Å². The Morgan fingerprint density at radius 3 is 2.95 bits per heavy atom. The molecule has 0 aliphatic carbocycles. The van der Waals surface area contributed by atoms with Crippen LogP contribution in [0.4, 0.5) is 5.69 Å². The molecule has 102 valence electrons. The van der Waals surface area contributed by atoms with Crippen molar-refractivity contribution in [2.45, 2.75) is 38.6 Å². The van der Waals surface area contributed by atoms with E-state index in [4.69, 9.17) is 10.7 Å². The van der Waals surface area contributed by atoms with Crippen LogP contribution in [0.1, 0.15) is 38.3 Å². The third-order valence-corrected chi connectivity index (χ3v) is 4.09. The molecule has 1 aliphatic rings. The fourth-order valence-corrected chi connectivity index (χ4v) is 2.94. The molecule has 4 nitrogen and oxygen atoms in total. The lowest BCUT2D eigenvalue weighted by molar-refractivity contribution is 0.166. The Balaban J connectivity index is 1.87. The van der Waals surface area contributed by atoms with Crippen molar-refractivity contribution in [1.82, 2.24) is 14.3 Å². The molecule has 0 spiro atoms. The second-order valence-electron chi connectivity index (χ2n) is 5.82. The monoisotopic (exact) mass is 258 g/mol. The number of likely N-dealkylation sites (tertiary alicyclic amines) is 1. The zero-order valence-electron chi connectivity index (χ0n) is 11.7. The molecule has 3 heterocycles. The summed E-state index contributed by atoms with van der Waals surface area (Å²) in [6.45, 7) is 6.88. The number of nitrogens with two attached hydrogens (primary N) is 1. The van der Waals surface area contributed by atoms with Gasteiger partial charge in [-0.15, -0.1) is 0 Å². The highest BCUT2D eigenvalue weighted by Gasteiger charge is 2.24. The first kappa shape index (κ1) is 12.5. The smallest absolute Gasteiger partial charge is 0.137 e. The van der Waals surface area contributed by atoms with Crippen molar-refractivity contribution < 1.29 is 0 Å². The fraction of sp³-hybridized carbons (Fsp3) is 0.533. The predicted molar refractivity (Wildman–Crippen MR) is 78.3 cm³/mol. The van der Waals surface area contributed by atoms with Crippen LogP contribution >= 0.6 is 0 Å². The highest BCUT2D eigenvalue weighted by Crippen LogP contribution is 2.27. The minimum atomic E-state index is 0.553. The molecule has 1 atom stereocenters. The minimum Gasteiger partial charge on any atom is -0.398 e. The van der Waals surface area contributed by atoms with E-state index in [0.717, 1.165) is 17.9 Å². The Morgan fingerprint density at radius 2 is 2.16 bits per heavy atom. The van der Waals surface area contributed by atoms with Gasteiger partial charge in [0.15, 0.2) is 0 Å². The average Bonchev–Trinajstić information content (AvgIpc) is 2.81. The molecule has 2 aromatic heterocycles. The number of imidazole rings is 1. The zero-order chi connectivity index (χ0) is 13.4. The molecule has 3 rings (SSSR count). The number of piperidine rings is 1. The molecule has 4 heteroatoms. The third kappa shape index (κ3) is 2.45. The van der Waals surface area contributed by atoms with Crippen LogP contribution in [0.3, 0.4) is 0 Å². The molecular weight excluding hydrogens is 236 g/mol. The number of hydrogen-bond donors (Lipinski definition) is 1. The number of fused-ring (bicyclic) bond motifs is 1. The van der Waals surface area contributed by atoms with Crippen LogP contribution in [-0.4, -0.2) is 33.4 Å². The van der Waals surface area contributed by atoms with E-state index in [2.05, 4.69) is 24.9 Å². The van der Waals surface area contributed by atoms with Gasteiger partial charge in [-0.05, 0) is 45.4 Å². The summed E-state index contributed by atoms with van der Waals surface area (Å²) in [4.78, 5) is 7.30. The van der Waals surface area contributed by atoms with Gasteiger partial charge in [0, 0.05) is 36.6 Å². The number of nitrogens with zero attached hydrogens (tertiary/aromatic N) is 3. The highest BCUT2D eigenvalue weighted by atomic mass is 15.2. The molecule has 1 unspecified atom stereocenters. The largest absolute Gasteiger partial charge is 0.398 e. The Hall–Kier alpha value is -1.55. The molecule has 0 bridgehead atoms. The maximum atomic E-state index is 5.82. The molecule has 2 N–H and O–H groups in total. The van der Waals surface area contributed by atoms with Crippen molar-refractivity contribution in [3.63, 3.8) is 0 Å². The quantitative estimate of drug-likeness (QED) is 0.900. The second kappa shape index (κ2) is 4.85. The summed E-state index contributed by atoms with van der Waals surface area (Å²) in [5, 5.41) is 0. The standard InChI is InChI=1S/C15H22N4/c1-11(2)18-7-3-4-12(8-18)14-10-19-9-13(16)5-6-15(19)17-14/h5-6,9-12H,3-4,7-8,16H2,1-2H3. The van der Waals surface area contributed by atoms with Crippen LogP contribution in [0.2, 0.25) is 0 Å². The van der Waals surface area contributed by atoms with Crippen LogP contribution < -0.4 is 5.73 Å². The van der Waals surface area contributed by atoms with Gasteiger partial charge in [0.25, 0.3) is 0 Å². The van der Waals surface area contributed by atoms with Gasteiger partial charge in [-0.3, -0.25) is 0 Å². The number of nitrogen functional groups attached to an aromatic ring is 1. The van der Waals surface area contributed by atoms with Gasteiger partial charge in [0.1, 0.15) is 5.65 Å². The van der Waals surface area contributed by atoms with Crippen LogP contribution in [0.15, 0.2) is 24.5 Å². The Labute approximate surface area is 114 Å². The maximum Gasteiger partial charge on any atom is 0.137 e. The van der Waals surface area contributed by atoms with Gasteiger partial charge in [-0.2, -0.15) is 0 Å². The Morgan fingerprint density at radius 1 is 1.32 bits per heavy atom. The molecule has 2 aromatic rings. The first-order chi connectivity index (χ1) is 9.13. The third-order valence-electron chi connectivity index (χ3n) is 4.09. The fourth-order valence-electron chi connectivity index (χ4n) is 2.94. The van der Waals surface area contributed by atoms with E-state index in [0.29, 0.717) is 12.0 Å². The Kier molecular flexibility index (Phi) is 3.19.